The van der Waals surface area contributed by atoms with E-state index in [9.17, 15) is 4.79 Å². The summed E-state index contributed by atoms with van der Waals surface area (Å²) < 4.78 is 12.3. The number of nitrogens with zero attached hydrogens (tertiary/aromatic N) is 1. The van der Waals surface area contributed by atoms with Crippen LogP contribution in [0.4, 0.5) is 0 Å². The molecule has 2 aromatic carbocycles. The number of fused-ring (bicyclic) bond motifs is 5. The molecule has 0 bridgehead atoms. The van der Waals surface area contributed by atoms with Gasteiger partial charge in [-0.3, -0.25) is 4.79 Å². The van der Waals surface area contributed by atoms with Gasteiger partial charge in [-0.25, -0.2) is 0 Å². The summed E-state index contributed by atoms with van der Waals surface area (Å²) in [6.45, 7) is 5.57. The van der Waals surface area contributed by atoms with E-state index in [4.69, 9.17) is 9.47 Å². The van der Waals surface area contributed by atoms with E-state index < -0.39 is 0 Å². The zero-order chi connectivity index (χ0) is 21.3. The summed E-state index contributed by atoms with van der Waals surface area (Å²) in [5.41, 5.74) is 6.96. The average molecular weight is 478 g/mol. The van der Waals surface area contributed by atoms with Crippen molar-refractivity contribution in [1.82, 2.24) is 4.90 Å². The van der Waals surface area contributed by atoms with Gasteiger partial charge in [0.1, 0.15) is 0 Å². The molecule has 3 heterocycles. The van der Waals surface area contributed by atoms with Crippen LogP contribution in [0, 0.1) is 5.41 Å². The lowest BCUT2D eigenvalue weighted by Gasteiger charge is -2.46. The first-order chi connectivity index (χ1) is 14.9. The Balaban J connectivity index is 1.56. The fraction of sp³-hybridized carbons (Fsp3) is 0.346. The molecule has 0 saturated carbocycles. The molecule has 0 N–H and O–H groups in total. The van der Waals surface area contributed by atoms with Gasteiger partial charge in [0, 0.05) is 45.9 Å². The molecule has 0 amide bonds. The van der Waals surface area contributed by atoms with Gasteiger partial charge < -0.3 is 14.4 Å². The second-order valence-electron chi connectivity index (χ2n) is 9.65. The van der Waals surface area contributed by atoms with Gasteiger partial charge in [0.25, 0.3) is 0 Å². The van der Waals surface area contributed by atoms with E-state index in [-0.39, 0.29) is 23.9 Å². The molecular weight excluding hydrogens is 454 g/mol. The topological polar surface area (TPSA) is 38.8 Å². The number of hydrogen-bond donors (Lipinski definition) is 0. The Morgan fingerprint density at radius 3 is 2.71 bits per heavy atom. The van der Waals surface area contributed by atoms with Crippen LogP contribution >= 0.6 is 15.9 Å². The molecule has 0 unspecified atom stereocenters. The number of benzene rings is 2. The second kappa shape index (κ2) is 6.73. The minimum atomic E-state index is -0.0428. The Kier molecular flexibility index (Phi) is 4.16. The van der Waals surface area contributed by atoms with Gasteiger partial charge in [0.2, 0.25) is 6.79 Å². The van der Waals surface area contributed by atoms with Crippen molar-refractivity contribution in [2.45, 2.75) is 39.0 Å². The van der Waals surface area contributed by atoms with Crippen molar-refractivity contribution in [2.24, 2.45) is 5.41 Å². The summed E-state index contributed by atoms with van der Waals surface area (Å²) in [6.07, 6.45) is 4.73. The van der Waals surface area contributed by atoms with Gasteiger partial charge in [-0.2, -0.15) is 0 Å². The number of carbonyl (C=O) groups excluding carboxylic acids is 1. The maximum Gasteiger partial charge on any atom is 0.231 e. The third kappa shape index (κ3) is 3.05. The summed E-state index contributed by atoms with van der Waals surface area (Å²) in [4.78, 5) is 15.8. The molecule has 0 saturated heterocycles. The molecule has 158 valence electrons. The van der Waals surface area contributed by atoms with Crippen LogP contribution in [0.1, 0.15) is 49.3 Å². The van der Waals surface area contributed by atoms with Crippen LogP contribution in [-0.4, -0.2) is 24.0 Å². The van der Waals surface area contributed by atoms with Crippen molar-refractivity contribution in [3.63, 3.8) is 0 Å². The first-order valence-corrected chi connectivity index (χ1v) is 11.6. The molecule has 3 aliphatic heterocycles. The lowest BCUT2D eigenvalue weighted by molar-refractivity contribution is -0.118. The lowest BCUT2D eigenvalue weighted by atomic mass is 9.69. The first-order valence-electron chi connectivity index (χ1n) is 10.8. The van der Waals surface area contributed by atoms with Crippen LogP contribution in [0.25, 0.3) is 5.70 Å². The van der Waals surface area contributed by atoms with Crippen molar-refractivity contribution < 1.29 is 14.3 Å². The Labute approximate surface area is 190 Å². The zero-order valence-corrected chi connectivity index (χ0v) is 19.3. The molecule has 4 aliphatic rings. The molecular formula is C26H24BrNO3. The second-order valence-corrected chi connectivity index (χ2v) is 10.6. The van der Waals surface area contributed by atoms with Crippen LogP contribution in [0.5, 0.6) is 11.5 Å². The Hall–Kier alpha value is -2.53. The van der Waals surface area contributed by atoms with E-state index in [1.165, 1.54) is 22.5 Å². The Morgan fingerprint density at radius 2 is 1.90 bits per heavy atom. The first kappa shape index (κ1) is 19.2. The number of Topliss-reactive ketones (excluding diaryl/α,β-unsaturated/α-hetero) is 1. The summed E-state index contributed by atoms with van der Waals surface area (Å²) in [5, 5.41) is 0. The van der Waals surface area contributed by atoms with Crippen LogP contribution in [0.2, 0.25) is 0 Å². The van der Waals surface area contributed by atoms with Gasteiger partial charge in [-0.05, 0) is 59.7 Å². The average Bonchev–Trinajstić information content (AvgIpc) is 3.18. The fourth-order valence-electron chi connectivity index (χ4n) is 5.49. The number of rotatable bonds is 1. The van der Waals surface area contributed by atoms with Crippen molar-refractivity contribution in [1.29, 1.82) is 0 Å². The number of halogens is 1. The highest BCUT2D eigenvalue weighted by Gasteiger charge is 2.42. The molecule has 5 heteroatoms. The largest absolute Gasteiger partial charge is 0.454 e. The summed E-state index contributed by atoms with van der Waals surface area (Å²) in [7, 11) is 0. The lowest BCUT2D eigenvalue weighted by Crippen LogP contribution is -2.40. The molecule has 0 radical (unpaired) electrons. The van der Waals surface area contributed by atoms with Crippen LogP contribution in [0.15, 0.2) is 58.2 Å². The number of ketones is 1. The van der Waals surface area contributed by atoms with E-state index in [1.807, 2.05) is 6.07 Å². The molecule has 2 aromatic rings. The Morgan fingerprint density at radius 1 is 1.10 bits per heavy atom. The smallest absolute Gasteiger partial charge is 0.231 e. The van der Waals surface area contributed by atoms with Gasteiger partial charge in [0.05, 0.1) is 0 Å². The number of carbonyl (C=O) groups is 1. The van der Waals surface area contributed by atoms with E-state index >= 15 is 0 Å². The maximum absolute atomic E-state index is 13.4. The summed E-state index contributed by atoms with van der Waals surface area (Å²) in [6, 6.07) is 12.6. The molecule has 0 fully saturated rings. The van der Waals surface area contributed by atoms with Crippen molar-refractivity contribution in [3.05, 3.63) is 74.9 Å². The van der Waals surface area contributed by atoms with E-state index in [1.54, 1.807) is 0 Å². The van der Waals surface area contributed by atoms with Crippen LogP contribution in [0.3, 0.4) is 0 Å². The van der Waals surface area contributed by atoms with Gasteiger partial charge in [-0.1, -0.05) is 41.9 Å². The minimum absolute atomic E-state index is 0.0324. The predicted octanol–water partition coefficient (Wildman–Crippen LogP) is 5.82. The number of hydrogen-bond acceptors (Lipinski definition) is 4. The Bertz CT molecular complexity index is 1190. The highest BCUT2D eigenvalue weighted by atomic mass is 79.9. The standard InChI is InChI=1S/C26H24BrNO3/c1-26(2)12-21-25(22(29)13-26)19(15-4-3-5-17(27)8-15)10-20-18-11-24-23(30-14-31-24)9-16(18)6-7-28(20)21/h3-5,8-11,19H,6-7,12-14H2,1-2H3/t19-/m0/s1. The maximum atomic E-state index is 13.4. The molecule has 4 nitrogen and oxygen atoms in total. The quantitative estimate of drug-likeness (QED) is 0.518. The summed E-state index contributed by atoms with van der Waals surface area (Å²) >= 11 is 3.62. The zero-order valence-electron chi connectivity index (χ0n) is 17.7. The molecule has 0 spiro atoms. The van der Waals surface area contributed by atoms with E-state index in [2.05, 4.69) is 71.1 Å². The van der Waals surface area contributed by atoms with Gasteiger partial charge in [-0.15, -0.1) is 0 Å². The number of ether oxygens (including phenoxy) is 2. The van der Waals surface area contributed by atoms with Crippen LogP contribution in [-0.2, 0) is 11.2 Å². The van der Waals surface area contributed by atoms with Crippen molar-refractivity contribution in [2.75, 3.05) is 13.3 Å². The minimum Gasteiger partial charge on any atom is -0.454 e. The van der Waals surface area contributed by atoms with E-state index in [0.717, 1.165) is 46.5 Å². The highest BCUT2D eigenvalue weighted by Crippen LogP contribution is 2.51. The van der Waals surface area contributed by atoms with Crippen LogP contribution < -0.4 is 9.47 Å². The fourth-order valence-corrected chi connectivity index (χ4v) is 5.90. The van der Waals surface area contributed by atoms with Gasteiger partial charge >= 0.3 is 0 Å². The molecule has 1 aliphatic carbocycles. The highest BCUT2D eigenvalue weighted by molar-refractivity contribution is 9.10. The molecule has 0 aromatic heterocycles. The van der Waals surface area contributed by atoms with Crippen molar-refractivity contribution >= 4 is 27.4 Å². The predicted molar refractivity (Wildman–Crippen MR) is 123 cm³/mol. The monoisotopic (exact) mass is 477 g/mol. The third-order valence-electron chi connectivity index (χ3n) is 6.84. The normalized spacial score (nSPS) is 23.2. The SMILES string of the molecule is CC1(C)CC(=O)C2=C(C1)N1CCc3cc4c(cc3C1=C[C@H]2c1cccc(Br)c1)OCO4. The third-order valence-corrected chi connectivity index (χ3v) is 7.33. The summed E-state index contributed by atoms with van der Waals surface area (Å²) in [5.74, 6) is 1.88. The molecule has 1 atom stereocenters. The van der Waals surface area contributed by atoms with E-state index in [0.29, 0.717) is 6.42 Å². The molecule has 31 heavy (non-hydrogen) atoms. The van der Waals surface area contributed by atoms with Crippen molar-refractivity contribution in [3.8, 4) is 11.5 Å². The van der Waals surface area contributed by atoms with Gasteiger partial charge in [0.15, 0.2) is 17.3 Å². The molecule has 6 rings (SSSR count). The number of allylic oxidation sites excluding steroid dienone is 3.